The maximum atomic E-state index is 6.16. The van der Waals surface area contributed by atoms with Gasteiger partial charge >= 0.3 is 0 Å². The molecule has 2 aromatic heterocycles. The van der Waals surface area contributed by atoms with Gasteiger partial charge in [-0.2, -0.15) is 0 Å². The van der Waals surface area contributed by atoms with E-state index in [1.165, 1.54) is 18.4 Å². The van der Waals surface area contributed by atoms with Crippen LogP contribution in [0.2, 0.25) is 0 Å². The SMILES string of the molecule is Cc1cc([C@H]2[C@H](c3ccccn3)NC(=S)N2c2ccc(OC3CCCC3)cc2)c(C)[nH]1. The molecule has 1 aliphatic carbocycles. The molecule has 2 fully saturated rings. The number of hydrogen-bond acceptors (Lipinski definition) is 3. The van der Waals surface area contributed by atoms with E-state index in [0.717, 1.165) is 41.4 Å². The van der Waals surface area contributed by atoms with Crippen molar-refractivity contribution in [2.45, 2.75) is 57.7 Å². The summed E-state index contributed by atoms with van der Waals surface area (Å²) in [7, 11) is 0. The standard InChI is InChI=1S/C25H28N4OS/c1-16-15-21(17(2)27-16)24-23(22-9-5-6-14-26-22)28-25(31)29(24)18-10-12-20(13-11-18)30-19-7-3-4-8-19/h5-6,9-15,19,23-24,27H,3-4,7-8H2,1-2H3,(H,28,31)/t23-,24-/m0/s1. The van der Waals surface area contributed by atoms with E-state index < -0.39 is 0 Å². The number of hydrogen-bond donors (Lipinski definition) is 2. The van der Waals surface area contributed by atoms with Crippen LogP contribution in [0.1, 0.15) is 60.4 Å². The molecule has 6 heteroatoms. The van der Waals surface area contributed by atoms with Crippen molar-refractivity contribution < 1.29 is 4.74 Å². The van der Waals surface area contributed by atoms with Crippen molar-refractivity contribution in [1.82, 2.24) is 15.3 Å². The van der Waals surface area contributed by atoms with Gasteiger partial charge in [0, 0.05) is 23.3 Å². The lowest BCUT2D eigenvalue weighted by molar-refractivity contribution is 0.210. The molecule has 5 nitrogen and oxygen atoms in total. The summed E-state index contributed by atoms with van der Waals surface area (Å²) in [5, 5.41) is 4.24. The number of aromatic amines is 1. The van der Waals surface area contributed by atoms with Crippen molar-refractivity contribution >= 4 is 23.0 Å². The Hall–Kier alpha value is -2.86. The smallest absolute Gasteiger partial charge is 0.174 e. The predicted molar refractivity (Wildman–Crippen MR) is 128 cm³/mol. The summed E-state index contributed by atoms with van der Waals surface area (Å²) >= 11 is 5.82. The molecule has 1 aromatic carbocycles. The fourth-order valence-electron chi connectivity index (χ4n) is 4.89. The first kappa shape index (κ1) is 20.1. The number of aromatic nitrogens is 2. The van der Waals surface area contributed by atoms with Crippen LogP contribution in [0.25, 0.3) is 0 Å². The van der Waals surface area contributed by atoms with Gasteiger partial charge in [0.15, 0.2) is 5.11 Å². The third-order valence-corrected chi connectivity index (χ3v) is 6.64. The van der Waals surface area contributed by atoms with Crippen molar-refractivity contribution in [3.05, 3.63) is 77.4 Å². The van der Waals surface area contributed by atoms with E-state index in [4.69, 9.17) is 17.0 Å². The predicted octanol–water partition coefficient (Wildman–Crippen LogP) is 5.53. The average molecular weight is 433 g/mol. The second-order valence-electron chi connectivity index (χ2n) is 8.55. The van der Waals surface area contributed by atoms with Crippen LogP contribution in [0.5, 0.6) is 5.75 Å². The molecule has 0 bridgehead atoms. The number of pyridine rings is 1. The number of nitrogens with one attached hydrogen (secondary N) is 2. The first-order chi connectivity index (χ1) is 15.1. The highest BCUT2D eigenvalue weighted by molar-refractivity contribution is 7.80. The minimum atomic E-state index is -0.0305. The largest absolute Gasteiger partial charge is 0.490 e. The van der Waals surface area contributed by atoms with Gasteiger partial charge < -0.3 is 19.9 Å². The number of ether oxygens (including phenoxy) is 1. The molecule has 2 atom stereocenters. The number of benzene rings is 1. The fourth-order valence-corrected chi connectivity index (χ4v) is 5.23. The molecule has 0 amide bonds. The summed E-state index contributed by atoms with van der Waals surface area (Å²) in [4.78, 5) is 10.3. The normalized spacial score (nSPS) is 21.5. The van der Waals surface area contributed by atoms with Crippen LogP contribution < -0.4 is 15.0 Å². The first-order valence-electron chi connectivity index (χ1n) is 11.0. The number of rotatable bonds is 5. The minimum absolute atomic E-state index is 0.00829. The highest BCUT2D eigenvalue weighted by Crippen LogP contribution is 2.43. The van der Waals surface area contributed by atoms with E-state index in [2.05, 4.69) is 70.4 Å². The highest BCUT2D eigenvalue weighted by Gasteiger charge is 2.41. The van der Waals surface area contributed by atoms with Crippen LogP contribution in [-0.4, -0.2) is 21.2 Å². The maximum Gasteiger partial charge on any atom is 0.174 e. The van der Waals surface area contributed by atoms with E-state index >= 15 is 0 Å². The first-order valence-corrected chi connectivity index (χ1v) is 11.4. The quantitative estimate of drug-likeness (QED) is 0.520. The third-order valence-electron chi connectivity index (χ3n) is 6.33. The van der Waals surface area contributed by atoms with Crippen molar-refractivity contribution in [3.63, 3.8) is 0 Å². The summed E-state index contributed by atoms with van der Waals surface area (Å²) in [6.07, 6.45) is 7.03. The Morgan fingerprint density at radius 2 is 1.84 bits per heavy atom. The molecule has 1 saturated carbocycles. The van der Waals surface area contributed by atoms with Crippen LogP contribution in [-0.2, 0) is 0 Å². The number of thiocarbonyl (C=S) groups is 1. The molecule has 5 rings (SSSR count). The molecule has 0 spiro atoms. The Morgan fingerprint density at radius 3 is 2.48 bits per heavy atom. The van der Waals surface area contributed by atoms with Gasteiger partial charge in [-0.3, -0.25) is 4.98 Å². The van der Waals surface area contributed by atoms with Crippen molar-refractivity contribution in [3.8, 4) is 5.75 Å². The molecule has 3 heterocycles. The zero-order valence-corrected chi connectivity index (χ0v) is 18.8. The number of H-pyrrole nitrogens is 1. The van der Waals surface area contributed by atoms with E-state index in [0.29, 0.717) is 11.2 Å². The lowest BCUT2D eigenvalue weighted by Crippen LogP contribution is -2.29. The van der Waals surface area contributed by atoms with Crippen molar-refractivity contribution in [2.75, 3.05) is 4.90 Å². The highest BCUT2D eigenvalue weighted by atomic mass is 32.1. The van der Waals surface area contributed by atoms with Crippen molar-refractivity contribution in [1.29, 1.82) is 0 Å². The van der Waals surface area contributed by atoms with Crippen LogP contribution in [0, 0.1) is 13.8 Å². The summed E-state index contributed by atoms with van der Waals surface area (Å²) in [6.45, 7) is 4.21. The Kier molecular flexibility index (Phi) is 5.40. The van der Waals surface area contributed by atoms with E-state index in [-0.39, 0.29) is 12.1 Å². The zero-order chi connectivity index (χ0) is 21.4. The van der Waals surface area contributed by atoms with E-state index in [1.807, 2.05) is 18.3 Å². The third kappa shape index (κ3) is 3.92. The molecule has 3 aromatic rings. The number of nitrogens with zero attached hydrogens (tertiary/aromatic N) is 2. The lowest BCUT2D eigenvalue weighted by Gasteiger charge is -2.28. The van der Waals surface area contributed by atoms with Crippen LogP contribution >= 0.6 is 12.2 Å². The summed E-state index contributed by atoms with van der Waals surface area (Å²) < 4.78 is 6.16. The van der Waals surface area contributed by atoms with Crippen molar-refractivity contribution in [2.24, 2.45) is 0 Å². The topological polar surface area (TPSA) is 53.2 Å². The zero-order valence-electron chi connectivity index (χ0n) is 18.0. The van der Waals surface area contributed by atoms with Gasteiger partial charge in [-0.05, 0) is 99.8 Å². The van der Waals surface area contributed by atoms with Gasteiger partial charge in [0.2, 0.25) is 0 Å². The summed E-state index contributed by atoms with van der Waals surface area (Å²) in [5.41, 5.74) is 5.56. The summed E-state index contributed by atoms with van der Waals surface area (Å²) in [6, 6.07) is 16.6. The maximum absolute atomic E-state index is 6.16. The monoisotopic (exact) mass is 432 g/mol. The number of anilines is 1. The van der Waals surface area contributed by atoms with Gasteiger partial charge in [-0.15, -0.1) is 0 Å². The molecular formula is C25H28N4OS. The molecule has 1 saturated heterocycles. The summed E-state index contributed by atoms with van der Waals surface area (Å²) in [5.74, 6) is 0.931. The molecule has 31 heavy (non-hydrogen) atoms. The second kappa shape index (κ2) is 8.35. The molecule has 0 radical (unpaired) electrons. The Morgan fingerprint density at radius 1 is 1.06 bits per heavy atom. The molecule has 1 aliphatic heterocycles. The average Bonchev–Trinajstić information content (AvgIpc) is 3.48. The molecular weight excluding hydrogens is 404 g/mol. The van der Waals surface area contributed by atoms with Crippen LogP contribution in [0.15, 0.2) is 54.7 Å². The Balaban J connectivity index is 1.49. The van der Waals surface area contributed by atoms with E-state index in [1.54, 1.807) is 0 Å². The second-order valence-corrected chi connectivity index (χ2v) is 8.93. The molecule has 2 N–H and O–H groups in total. The van der Waals surface area contributed by atoms with Gasteiger partial charge in [-0.25, -0.2) is 0 Å². The molecule has 0 unspecified atom stereocenters. The molecule has 2 aliphatic rings. The minimum Gasteiger partial charge on any atom is -0.490 e. The fraction of sp³-hybridized carbons (Fsp3) is 0.360. The van der Waals surface area contributed by atoms with Crippen LogP contribution in [0.3, 0.4) is 0 Å². The number of aryl methyl sites for hydroxylation is 2. The molecule has 160 valence electrons. The van der Waals surface area contributed by atoms with E-state index in [9.17, 15) is 0 Å². The van der Waals surface area contributed by atoms with Gasteiger partial charge in [0.05, 0.1) is 23.9 Å². The van der Waals surface area contributed by atoms with Gasteiger partial charge in [-0.1, -0.05) is 6.07 Å². The van der Waals surface area contributed by atoms with Gasteiger partial charge in [0.1, 0.15) is 5.75 Å². The Bertz CT molecular complexity index is 1060. The van der Waals surface area contributed by atoms with Gasteiger partial charge in [0.25, 0.3) is 0 Å². The lowest BCUT2D eigenvalue weighted by atomic mass is 9.96. The Labute approximate surface area is 188 Å². The van der Waals surface area contributed by atoms with Crippen LogP contribution in [0.4, 0.5) is 5.69 Å².